The lowest BCUT2D eigenvalue weighted by Crippen LogP contribution is -2.08. The monoisotopic (exact) mass is 400 g/mol. The minimum Gasteiger partial charge on any atom is -0.465 e. The smallest absolute Gasteiger partial charge is 0.338 e. The molecule has 0 unspecified atom stereocenters. The molecule has 2 aromatic carbocycles. The number of ether oxygens (including phenoxy) is 2. The second-order valence-corrected chi connectivity index (χ2v) is 5.63. The lowest BCUT2D eigenvalue weighted by atomic mass is 9.99. The molecule has 6 heteroatoms. The summed E-state index contributed by atoms with van der Waals surface area (Å²) in [6, 6.07) is 6.69. The Hall–Kier alpha value is -1.40. The Morgan fingerprint density at radius 1 is 0.800 bits per heavy atom. The molecule has 0 atom stereocenters. The zero-order chi connectivity index (χ0) is 14.9. The highest BCUT2D eigenvalue weighted by Crippen LogP contribution is 2.36. The van der Waals surface area contributed by atoms with Crippen LogP contribution in [0.2, 0.25) is 0 Å². The molecular weight excluding hydrogens is 392 g/mol. The number of benzene rings is 2. The lowest BCUT2D eigenvalue weighted by molar-refractivity contribution is 0.0601. The van der Waals surface area contributed by atoms with Crippen LogP contribution >= 0.6 is 31.9 Å². The van der Waals surface area contributed by atoms with Crippen molar-refractivity contribution >= 4 is 54.6 Å². The lowest BCUT2D eigenvalue weighted by Gasteiger charge is -2.12. The SMILES string of the molecule is COC(=O)c1ccc(Br)c2c(Br)ccc(C(=O)OC)c12. The molecule has 0 saturated carbocycles. The first-order valence-electron chi connectivity index (χ1n) is 5.58. The van der Waals surface area contributed by atoms with Crippen molar-refractivity contribution in [3.05, 3.63) is 44.3 Å². The Morgan fingerprint density at radius 2 is 1.20 bits per heavy atom. The summed E-state index contributed by atoms with van der Waals surface area (Å²) in [5.41, 5.74) is 0.625. The highest BCUT2D eigenvalue weighted by molar-refractivity contribution is 9.11. The highest BCUT2D eigenvalue weighted by atomic mass is 79.9. The molecule has 0 fully saturated rings. The molecule has 0 amide bonds. The predicted molar refractivity (Wildman–Crippen MR) is 82.0 cm³/mol. The van der Waals surface area contributed by atoms with Crippen molar-refractivity contribution in [2.45, 2.75) is 0 Å². The second kappa shape index (κ2) is 5.93. The first kappa shape index (κ1) is 15.0. The van der Waals surface area contributed by atoms with Gasteiger partial charge in [-0.25, -0.2) is 9.59 Å². The normalized spacial score (nSPS) is 10.4. The van der Waals surface area contributed by atoms with Gasteiger partial charge in [0, 0.05) is 19.7 Å². The van der Waals surface area contributed by atoms with Crippen molar-refractivity contribution in [2.24, 2.45) is 0 Å². The van der Waals surface area contributed by atoms with Gasteiger partial charge in [-0.15, -0.1) is 0 Å². The van der Waals surface area contributed by atoms with Crippen LogP contribution in [0.15, 0.2) is 33.2 Å². The number of hydrogen-bond acceptors (Lipinski definition) is 4. The first-order chi connectivity index (χ1) is 9.51. The van der Waals surface area contributed by atoms with Crippen LogP contribution in [0, 0.1) is 0 Å². The fourth-order valence-corrected chi connectivity index (χ4v) is 3.33. The van der Waals surface area contributed by atoms with Crippen molar-refractivity contribution in [2.75, 3.05) is 14.2 Å². The molecule has 20 heavy (non-hydrogen) atoms. The molecule has 0 radical (unpaired) electrons. The summed E-state index contributed by atoms with van der Waals surface area (Å²) >= 11 is 6.85. The summed E-state index contributed by atoms with van der Waals surface area (Å²) in [6.45, 7) is 0. The van der Waals surface area contributed by atoms with Gasteiger partial charge in [-0.3, -0.25) is 0 Å². The van der Waals surface area contributed by atoms with Crippen molar-refractivity contribution in [1.29, 1.82) is 0 Å². The standard InChI is InChI=1S/C14H10Br2O4/c1-19-13(17)7-3-5-9(15)12-10(16)6-4-8(11(7)12)14(18)20-2/h3-6H,1-2H3. The second-order valence-electron chi connectivity index (χ2n) is 3.92. The molecule has 0 aliphatic carbocycles. The van der Waals surface area contributed by atoms with Crippen LogP contribution in [0.4, 0.5) is 0 Å². The number of hydrogen-bond donors (Lipinski definition) is 0. The van der Waals surface area contributed by atoms with E-state index in [1.54, 1.807) is 24.3 Å². The molecule has 0 heterocycles. The molecule has 4 nitrogen and oxygen atoms in total. The molecule has 0 aliphatic rings. The van der Waals surface area contributed by atoms with Gasteiger partial charge in [0.25, 0.3) is 0 Å². The predicted octanol–water partition coefficient (Wildman–Crippen LogP) is 3.94. The molecule has 2 rings (SSSR count). The Labute approximate surface area is 132 Å². The topological polar surface area (TPSA) is 52.6 Å². The van der Waals surface area contributed by atoms with Crippen LogP contribution in [0.25, 0.3) is 10.8 Å². The quantitative estimate of drug-likeness (QED) is 0.715. The van der Waals surface area contributed by atoms with Crippen LogP contribution in [0.5, 0.6) is 0 Å². The average molecular weight is 402 g/mol. The summed E-state index contributed by atoms with van der Waals surface area (Å²) in [5.74, 6) is -1.02. The minimum atomic E-state index is -0.509. The van der Waals surface area contributed by atoms with Gasteiger partial charge >= 0.3 is 11.9 Å². The highest BCUT2D eigenvalue weighted by Gasteiger charge is 2.20. The fourth-order valence-electron chi connectivity index (χ4n) is 1.97. The Kier molecular flexibility index (Phi) is 4.45. The van der Waals surface area contributed by atoms with E-state index in [0.29, 0.717) is 16.5 Å². The van der Waals surface area contributed by atoms with Crippen molar-refractivity contribution in [3.63, 3.8) is 0 Å². The molecular formula is C14H10Br2O4. The summed E-state index contributed by atoms with van der Waals surface area (Å²) in [5, 5.41) is 1.21. The van der Waals surface area contributed by atoms with Gasteiger partial charge in [0.05, 0.1) is 25.3 Å². The molecule has 0 spiro atoms. The van der Waals surface area contributed by atoms with E-state index in [1.165, 1.54) is 14.2 Å². The van der Waals surface area contributed by atoms with Gasteiger partial charge in [0.1, 0.15) is 0 Å². The van der Waals surface area contributed by atoms with E-state index < -0.39 is 11.9 Å². The van der Waals surface area contributed by atoms with Crippen LogP contribution in [-0.4, -0.2) is 26.2 Å². The maximum absolute atomic E-state index is 11.9. The Morgan fingerprint density at radius 3 is 1.55 bits per heavy atom. The van der Waals surface area contributed by atoms with E-state index in [4.69, 9.17) is 9.47 Å². The third-order valence-electron chi connectivity index (χ3n) is 2.87. The summed E-state index contributed by atoms with van der Waals surface area (Å²) in [6.07, 6.45) is 0. The molecule has 0 aromatic heterocycles. The maximum atomic E-state index is 11.9. The average Bonchev–Trinajstić information content (AvgIpc) is 2.46. The third-order valence-corrected chi connectivity index (χ3v) is 4.19. The maximum Gasteiger partial charge on any atom is 0.338 e. The van der Waals surface area contributed by atoms with Crippen molar-refractivity contribution in [1.82, 2.24) is 0 Å². The van der Waals surface area contributed by atoms with Crippen molar-refractivity contribution in [3.8, 4) is 0 Å². The number of carbonyl (C=O) groups is 2. The summed E-state index contributed by atoms with van der Waals surface area (Å²) in [7, 11) is 2.60. The van der Waals surface area contributed by atoms with Crippen LogP contribution in [0.1, 0.15) is 20.7 Å². The number of fused-ring (bicyclic) bond motifs is 1. The van der Waals surface area contributed by atoms with E-state index in [1.807, 2.05) is 0 Å². The van der Waals surface area contributed by atoms with Gasteiger partial charge in [-0.2, -0.15) is 0 Å². The molecule has 2 aromatic rings. The van der Waals surface area contributed by atoms with E-state index in [9.17, 15) is 9.59 Å². The molecule has 0 N–H and O–H groups in total. The summed E-state index contributed by atoms with van der Waals surface area (Å²) < 4.78 is 11.1. The van der Waals surface area contributed by atoms with Gasteiger partial charge in [-0.05, 0) is 24.3 Å². The van der Waals surface area contributed by atoms with Crippen LogP contribution < -0.4 is 0 Å². The third kappa shape index (κ3) is 2.45. The number of halogens is 2. The van der Waals surface area contributed by atoms with Gasteiger partial charge in [-0.1, -0.05) is 31.9 Å². The van der Waals surface area contributed by atoms with Crippen molar-refractivity contribution < 1.29 is 19.1 Å². The van der Waals surface area contributed by atoms with Gasteiger partial charge in [0.2, 0.25) is 0 Å². The number of esters is 2. The molecule has 104 valence electrons. The minimum absolute atomic E-state index is 0.312. The molecule has 0 aliphatic heterocycles. The summed E-state index contributed by atoms with van der Waals surface area (Å²) in [4.78, 5) is 23.8. The molecule has 0 bridgehead atoms. The van der Waals surface area contributed by atoms with Gasteiger partial charge < -0.3 is 9.47 Å². The van der Waals surface area contributed by atoms with E-state index in [2.05, 4.69) is 31.9 Å². The fraction of sp³-hybridized carbons (Fsp3) is 0.143. The molecule has 0 saturated heterocycles. The number of methoxy groups -OCH3 is 2. The zero-order valence-corrected chi connectivity index (χ0v) is 13.9. The van der Waals surface area contributed by atoms with Gasteiger partial charge in [0.15, 0.2) is 0 Å². The van der Waals surface area contributed by atoms with E-state index in [0.717, 1.165) is 14.3 Å². The number of carbonyl (C=O) groups excluding carboxylic acids is 2. The van der Waals surface area contributed by atoms with Crippen LogP contribution in [0.3, 0.4) is 0 Å². The first-order valence-corrected chi connectivity index (χ1v) is 7.17. The Bertz CT molecular complexity index is 653. The Balaban J connectivity index is 2.95. The van der Waals surface area contributed by atoms with E-state index in [-0.39, 0.29) is 0 Å². The van der Waals surface area contributed by atoms with Crippen LogP contribution in [-0.2, 0) is 9.47 Å². The number of rotatable bonds is 2. The van der Waals surface area contributed by atoms with E-state index >= 15 is 0 Å². The zero-order valence-electron chi connectivity index (χ0n) is 10.7. The largest absolute Gasteiger partial charge is 0.465 e.